The first kappa shape index (κ1) is 28.3. The molecular formula is C33H38N8O3. The molecule has 11 nitrogen and oxygen atoms in total. The van der Waals surface area contributed by atoms with Gasteiger partial charge in [0, 0.05) is 29.8 Å². The second kappa shape index (κ2) is 11.2. The molecule has 0 unspecified atom stereocenters. The predicted octanol–water partition coefficient (Wildman–Crippen LogP) is 5.95. The number of nitrogens with two attached hydrogens (primary N) is 1. The lowest BCUT2D eigenvalue weighted by Gasteiger charge is -2.42. The fourth-order valence-electron chi connectivity index (χ4n) is 6.94. The van der Waals surface area contributed by atoms with Crippen LogP contribution in [0.15, 0.2) is 47.1 Å². The summed E-state index contributed by atoms with van der Waals surface area (Å²) in [6.45, 7) is 8.80. The van der Waals surface area contributed by atoms with Crippen molar-refractivity contribution < 1.29 is 13.9 Å². The van der Waals surface area contributed by atoms with Crippen molar-refractivity contribution in [2.75, 3.05) is 37.4 Å². The van der Waals surface area contributed by atoms with Gasteiger partial charge < -0.3 is 25.1 Å². The Bertz CT molecular complexity index is 1830. The zero-order chi connectivity index (χ0) is 30.4. The number of benzene rings is 2. The Morgan fingerprint density at radius 1 is 1.09 bits per heavy atom. The number of aromatic nitrogens is 5. The quantitative estimate of drug-likeness (QED) is 0.244. The van der Waals surface area contributed by atoms with Crippen LogP contribution < -0.4 is 11.1 Å². The van der Waals surface area contributed by atoms with Crippen molar-refractivity contribution in [3.05, 3.63) is 53.9 Å². The summed E-state index contributed by atoms with van der Waals surface area (Å²) in [5, 5.41) is 9.11. The molecular weight excluding hydrogens is 556 g/mol. The average molecular weight is 595 g/mol. The molecule has 3 N–H and O–H groups in total. The van der Waals surface area contributed by atoms with E-state index in [1.54, 1.807) is 0 Å². The van der Waals surface area contributed by atoms with E-state index in [1.807, 2.05) is 46.8 Å². The summed E-state index contributed by atoms with van der Waals surface area (Å²) in [5.74, 6) is 0.674. The van der Waals surface area contributed by atoms with Gasteiger partial charge in [0.2, 0.25) is 5.91 Å². The van der Waals surface area contributed by atoms with E-state index in [0.29, 0.717) is 38.1 Å². The molecule has 228 valence electrons. The van der Waals surface area contributed by atoms with Gasteiger partial charge in [-0.25, -0.2) is 14.6 Å². The third-order valence-corrected chi connectivity index (χ3v) is 9.43. The molecule has 1 aliphatic heterocycles. The van der Waals surface area contributed by atoms with Crippen LogP contribution in [0.25, 0.3) is 33.4 Å². The molecule has 2 aliphatic rings. The zero-order valence-corrected chi connectivity index (χ0v) is 25.5. The standard InChI is InChI=1S/C33H38N8O3/c1-4-33(31(42)40-13-15-43-16-14-40)11-9-24(10-12-33)41-30-26(29(34)35-19-36-30)27(39-41)22-5-7-23(8-6-22)37-32-38-25-18-20(2)17-21(3)28(25)44-32/h5-8,17-19,24H,4,9-16H2,1-3H3,(H,37,38)(H2,34,35,36)/t24-,33-. The number of nitrogens with one attached hydrogen (secondary N) is 1. The van der Waals surface area contributed by atoms with E-state index in [-0.39, 0.29) is 17.4 Å². The van der Waals surface area contributed by atoms with Gasteiger partial charge in [0.25, 0.3) is 6.01 Å². The van der Waals surface area contributed by atoms with Crippen LogP contribution in [0, 0.1) is 19.3 Å². The number of oxazole rings is 1. The summed E-state index contributed by atoms with van der Waals surface area (Å²) < 4.78 is 13.5. The average Bonchev–Trinajstić information content (AvgIpc) is 3.64. The molecule has 7 rings (SSSR count). The van der Waals surface area contributed by atoms with Gasteiger partial charge in [0.15, 0.2) is 11.2 Å². The van der Waals surface area contributed by atoms with Crippen molar-refractivity contribution in [2.24, 2.45) is 5.41 Å². The van der Waals surface area contributed by atoms with Crippen LogP contribution in [-0.2, 0) is 9.53 Å². The Balaban J connectivity index is 1.14. The Labute approximate surface area is 255 Å². The normalized spacial score (nSPS) is 20.8. The van der Waals surface area contributed by atoms with E-state index in [9.17, 15) is 4.79 Å². The number of carbonyl (C=O) groups excluding carboxylic acids is 1. The van der Waals surface area contributed by atoms with E-state index in [0.717, 1.165) is 82.3 Å². The molecule has 1 amide bonds. The molecule has 2 fully saturated rings. The summed E-state index contributed by atoms with van der Waals surface area (Å²) >= 11 is 0. The van der Waals surface area contributed by atoms with Crippen LogP contribution in [0.3, 0.4) is 0 Å². The number of morpholine rings is 1. The van der Waals surface area contributed by atoms with Gasteiger partial charge in [0.1, 0.15) is 23.4 Å². The van der Waals surface area contributed by atoms with Gasteiger partial charge in [-0.1, -0.05) is 25.1 Å². The summed E-state index contributed by atoms with van der Waals surface area (Å²) in [6.07, 6.45) is 5.65. The molecule has 3 aromatic heterocycles. The zero-order valence-electron chi connectivity index (χ0n) is 25.5. The van der Waals surface area contributed by atoms with Crippen molar-refractivity contribution in [3.8, 4) is 11.3 Å². The maximum absolute atomic E-state index is 13.6. The highest BCUT2D eigenvalue weighted by Crippen LogP contribution is 2.46. The van der Waals surface area contributed by atoms with Crippen LogP contribution in [0.5, 0.6) is 0 Å². The van der Waals surface area contributed by atoms with E-state index in [1.165, 1.54) is 6.33 Å². The number of amides is 1. The molecule has 1 saturated carbocycles. The van der Waals surface area contributed by atoms with Gasteiger partial charge in [-0.2, -0.15) is 10.1 Å². The van der Waals surface area contributed by atoms with Gasteiger partial charge in [0.05, 0.1) is 24.6 Å². The monoisotopic (exact) mass is 594 g/mol. The molecule has 4 heterocycles. The third kappa shape index (κ3) is 4.94. The highest BCUT2D eigenvalue weighted by molar-refractivity contribution is 5.98. The minimum absolute atomic E-state index is 0.116. The number of anilines is 3. The molecule has 0 bridgehead atoms. The second-order valence-corrected chi connectivity index (χ2v) is 12.2. The Morgan fingerprint density at radius 2 is 1.84 bits per heavy atom. The van der Waals surface area contributed by atoms with Crippen LogP contribution in [-0.4, -0.2) is 61.8 Å². The smallest absolute Gasteiger partial charge is 0.300 e. The van der Waals surface area contributed by atoms with Crippen LogP contribution in [0.2, 0.25) is 0 Å². The number of rotatable bonds is 6. The highest BCUT2D eigenvalue weighted by Gasteiger charge is 2.43. The number of nitrogens with zero attached hydrogens (tertiary/aromatic N) is 6. The van der Waals surface area contributed by atoms with Gasteiger partial charge in [-0.3, -0.25) is 4.79 Å². The summed E-state index contributed by atoms with van der Waals surface area (Å²) in [7, 11) is 0. The summed E-state index contributed by atoms with van der Waals surface area (Å²) in [4.78, 5) is 29.1. The SMILES string of the molecule is CC[C@]1(C(=O)N2CCOCC2)CC[C@H](n2nc(-c3ccc(Nc4nc5cc(C)cc(C)c5o4)cc3)c3c(N)ncnc32)CC1. The second-order valence-electron chi connectivity index (χ2n) is 12.2. The molecule has 1 saturated heterocycles. The number of hydrogen-bond donors (Lipinski definition) is 2. The topological polar surface area (TPSA) is 137 Å². The lowest BCUT2D eigenvalue weighted by Crippen LogP contribution is -2.50. The van der Waals surface area contributed by atoms with Crippen molar-refractivity contribution in [1.82, 2.24) is 29.6 Å². The lowest BCUT2D eigenvalue weighted by molar-refractivity contribution is -0.149. The molecule has 2 aromatic carbocycles. The Morgan fingerprint density at radius 3 is 2.57 bits per heavy atom. The van der Waals surface area contributed by atoms with Crippen LogP contribution >= 0.6 is 0 Å². The summed E-state index contributed by atoms with van der Waals surface area (Å²) in [6, 6.07) is 12.6. The number of carbonyl (C=O) groups is 1. The number of fused-ring (bicyclic) bond motifs is 2. The maximum Gasteiger partial charge on any atom is 0.300 e. The largest absolute Gasteiger partial charge is 0.423 e. The lowest BCUT2D eigenvalue weighted by atomic mass is 9.69. The van der Waals surface area contributed by atoms with Crippen molar-refractivity contribution >= 4 is 45.6 Å². The molecule has 0 spiro atoms. The molecule has 0 radical (unpaired) electrons. The molecule has 5 aromatic rings. The van der Waals surface area contributed by atoms with E-state index < -0.39 is 0 Å². The van der Waals surface area contributed by atoms with Crippen molar-refractivity contribution in [2.45, 2.75) is 58.9 Å². The molecule has 1 aliphatic carbocycles. The fraction of sp³-hybridized carbons (Fsp3) is 0.424. The van der Waals surface area contributed by atoms with Crippen molar-refractivity contribution in [1.29, 1.82) is 0 Å². The number of ether oxygens (including phenoxy) is 1. The van der Waals surface area contributed by atoms with Gasteiger partial charge in [-0.15, -0.1) is 0 Å². The maximum atomic E-state index is 13.6. The first-order chi connectivity index (χ1) is 21.3. The number of aryl methyl sites for hydroxylation is 2. The van der Waals surface area contributed by atoms with Crippen LogP contribution in [0.1, 0.15) is 56.2 Å². The van der Waals surface area contributed by atoms with E-state index in [2.05, 4.69) is 40.2 Å². The van der Waals surface area contributed by atoms with E-state index in [4.69, 9.17) is 20.0 Å². The number of nitrogen functional groups attached to an aromatic ring is 1. The highest BCUT2D eigenvalue weighted by atomic mass is 16.5. The molecule has 0 atom stereocenters. The number of hydrogen-bond acceptors (Lipinski definition) is 9. The van der Waals surface area contributed by atoms with Gasteiger partial charge >= 0.3 is 0 Å². The fourth-order valence-corrected chi connectivity index (χ4v) is 6.94. The van der Waals surface area contributed by atoms with Crippen molar-refractivity contribution in [3.63, 3.8) is 0 Å². The first-order valence-electron chi connectivity index (χ1n) is 15.5. The van der Waals surface area contributed by atoms with E-state index >= 15 is 0 Å². The first-order valence-corrected chi connectivity index (χ1v) is 15.5. The third-order valence-electron chi connectivity index (χ3n) is 9.43. The predicted molar refractivity (Wildman–Crippen MR) is 170 cm³/mol. The summed E-state index contributed by atoms with van der Waals surface area (Å²) in [5.41, 5.74) is 13.1. The Hall–Kier alpha value is -4.51. The minimum atomic E-state index is -0.331. The van der Waals surface area contributed by atoms with Crippen LogP contribution in [0.4, 0.5) is 17.5 Å². The van der Waals surface area contributed by atoms with Gasteiger partial charge in [-0.05, 0) is 75.3 Å². The molecule has 11 heteroatoms. The minimum Gasteiger partial charge on any atom is -0.423 e. The molecule has 44 heavy (non-hydrogen) atoms. The Kier molecular flexibility index (Phi) is 7.20.